The van der Waals surface area contributed by atoms with E-state index in [-0.39, 0.29) is 17.3 Å². The smallest absolute Gasteiger partial charge is 0.251 e. The highest BCUT2D eigenvalue weighted by atomic mass is 19.1. The average molecular weight is 287 g/mol. The summed E-state index contributed by atoms with van der Waals surface area (Å²) in [4.78, 5) is 14.4. The van der Waals surface area contributed by atoms with E-state index in [0.717, 1.165) is 49.2 Å². The zero-order valence-electron chi connectivity index (χ0n) is 11.8. The molecule has 1 saturated heterocycles. The van der Waals surface area contributed by atoms with Gasteiger partial charge in [-0.15, -0.1) is 0 Å². The Balaban J connectivity index is 1.76. The molecule has 110 valence electrons. The predicted molar refractivity (Wildman–Crippen MR) is 80.2 cm³/mol. The Morgan fingerprint density at radius 1 is 1.19 bits per heavy atom. The summed E-state index contributed by atoms with van der Waals surface area (Å²) in [6.45, 7) is 5.34. The maximum absolute atomic E-state index is 14.3. The Morgan fingerprint density at radius 3 is 2.76 bits per heavy atom. The Hall–Kier alpha value is -1.72. The molecule has 5 heteroatoms. The first-order valence-corrected chi connectivity index (χ1v) is 7.49. The summed E-state index contributed by atoms with van der Waals surface area (Å²) in [5.41, 5.74) is 1.49. The second-order valence-corrected chi connectivity index (χ2v) is 5.93. The third-order valence-electron chi connectivity index (χ3n) is 4.64. The number of piperazine rings is 1. The minimum absolute atomic E-state index is 0.0304. The molecule has 1 N–H and O–H groups in total. The van der Waals surface area contributed by atoms with Gasteiger partial charge in [0.25, 0.3) is 5.56 Å². The van der Waals surface area contributed by atoms with Crippen LogP contribution in [0.25, 0.3) is 10.9 Å². The third kappa shape index (κ3) is 2.08. The van der Waals surface area contributed by atoms with Gasteiger partial charge in [0.2, 0.25) is 0 Å². The van der Waals surface area contributed by atoms with Gasteiger partial charge >= 0.3 is 0 Å². The highest BCUT2D eigenvalue weighted by molar-refractivity contribution is 5.84. The molecule has 0 spiro atoms. The van der Waals surface area contributed by atoms with Crippen LogP contribution in [0.3, 0.4) is 0 Å². The molecule has 2 aliphatic rings. The summed E-state index contributed by atoms with van der Waals surface area (Å²) in [6, 6.07) is 6.67. The summed E-state index contributed by atoms with van der Waals surface area (Å²) in [6.07, 6.45) is 0. The molecule has 21 heavy (non-hydrogen) atoms. The summed E-state index contributed by atoms with van der Waals surface area (Å²) in [5, 5.41) is 4.28. The number of aromatic nitrogens is 1. The second-order valence-electron chi connectivity index (χ2n) is 5.93. The molecule has 0 bridgehead atoms. The molecule has 1 aromatic carbocycles. The summed E-state index contributed by atoms with van der Waals surface area (Å²) >= 11 is 0. The Kier molecular flexibility index (Phi) is 3.05. The van der Waals surface area contributed by atoms with Gasteiger partial charge in [0.1, 0.15) is 5.82 Å². The van der Waals surface area contributed by atoms with Crippen molar-refractivity contribution in [3.05, 3.63) is 46.0 Å². The van der Waals surface area contributed by atoms with Crippen molar-refractivity contribution in [3.8, 4) is 0 Å². The highest BCUT2D eigenvalue weighted by Gasteiger charge is 2.30. The summed E-state index contributed by atoms with van der Waals surface area (Å²) in [5.74, 6) is -0.110. The number of rotatable bonds is 2. The van der Waals surface area contributed by atoms with E-state index in [1.165, 1.54) is 6.07 Å². The molecule has 3 heterocycles. The molecule has 0 aliphatic carbocycles. The number of benzene rings is 1. The largest absolute Gasteiger partial charge is 0.314 e. The van der Waals surface area contributed by atoms with Crippen LogP contribution in [0.5, 0.6) is 0 Å². The Morgan fingerprint density at radius 2 is 1.95 bits per heavy atom. The van der Waals surface area contributed by atoms with E-state index < -0.39 is 0 Å². The fraction of sp³-hybridized carbons (Fsp3) is 0.438. The molecule has 0 amide bonds. The SMILES string of the molecule is O=c1ccc2ccc(F)c3c2n1CC3CN1CCNCC1. The molecule has 0 radical (unpaired) electrons. The minimum Gasteiger partial charge on any atom is -0.314 e. The lowest BCUT2D eigenvalue weighted by atomic mass is 9.98. The van der Waals surface area contributed by atoms with Crippen LogP contribution >= 0.6 is 0 Å². The fourth-order valence-corrected chi connectivity index (χ4v) is 3.63. The van der Waals surface area contributed by atoms with Gasteiger partial charge in [0, 0.05) is 56.8 Å². The van der Waals surface area contributed by atoms with Crippen molar-refractivity contribution >= 4 is 10.9 Å². The maximum Gasteiger partial charge on any atom is 0.251 e. The summed E-state index contributed by atoms with van der Waals surface area (Å²) in [7, 11) is 0. The fourth-order valence-electron chi connectivity index (χ4n) is 3.63. The van der Waals surface area contributed by atoms with Crippen LogP contribution in [0.4, 0.5) is 4.39 Å². The maximum atomic E-state index is 14.3. The standard InChI is InChI=1S/C16H18FN3O/c17-13-3-1-11-2-4-14(21)20-10-12(15(13)16(11)20)9-19-7-5-18-6-8-19/h1-4,12,18H,5-10H2. The zero-order valence-corrected chi connectivity index (χ0v) is 11.8. The van der Waals surface area contributed by atoms with Crippen LogP contribution in [0.15, 0.2) is 29.1 Å². The Bertz CT molecular complexity index is 749. The molecule has 2 aliphatic heterocycles. The number of halogens is 1. The molecule has 1 atom stereocenters. The first kappa shape index (κ1) is 13.0. The molecular formula is C16H18FN3O. The highest BCUT2D eigenvalue weighted by Crippen LogP contribution is 2.35. The molecule has 1 unspecified atom stereocenters. The van der Waals surface area contributed by atoms with Gasteiger partial charge in [-0.1, -0.05) is 0 Å². The van der Waals surface area contributed by atoms with Crippen molar-refractivity contribution in [2.24, 2.45) is 0 Å². The minimum atomic E-state index is -0.181. The van der Waals surface area contributed by atoms with Gasteiger partial charge in [-0.3, -0.25) is 4.79 Å². The van der Waals surface area contributed by atoms with Crippen molar-refractivity contribution in [2.75, 3.05) is 32.7 Å². The van der Waals surface area contributed by atoms with E-state index in [9.17, 15) is 9.18 Å². The number of nitrogens with one attached hydrogen (secondary N) is 1. The van der Waals surface area contributed by atoms with Crippen LogP contribution in [0.1, 0.15) is 11.5 Å². The van der Waals surface area contributed by atoms with Crippen molar-refractivity contribution in [3.63, 3.8) is 0 Å². The quantitative estimate of drug-likeness (QED) is 0.900. The van der Waals surface area contributed by atoms with E-state index >= 15 is 0 Å². The number of nitrogens with zero attached hydrogens (tertiary/aromatic N) is 2. The third-order valence-corrected chi connectivity index (χ3v) is 4.64. The van der Waals surface area contributed by atoms with Gasteiger partial charge in [0.15, 0.2) is 0 Å². The first-order chi connectivity index (χ1) is 10.2. The lowest BCUT2D eigenvalue weighted by Gasteiger charge is -2.29. The molecular weight excluding hydrogens is 269 g/mol. The first-order valence-electron chi connectivity index (χ1n) is 7.49. The van der Waals surface area contributed by atoms with Crippen LogP contribution in [-0.4, -0.2) is 42.2 Å². The van der Waals surface area contributed by atoms with Gasteiger partial charge in [0.05, 0.1) is 5.52 Å². The number of pyridine rings is 1. The summed E-state index contributed by atoms with van der Waals surface area (Å²) < 4.78 is 16.1. The number of hydrogen-bond acceptors (Lipinski definition) is 3. The van der Waals surface area contributed by atoms with Crippen LogP contribution in [0.2, 0.25) is 0 Å². The normalized spacial score (nSPS) is 22.0. The molecule has 2 aromatic rings. The van der Waals surface area contributed by atoms with E-state index in [4.69, 9.17) is 0 Å². The predicted octanol–water partition coefficient (Wildman–Crippen LogP) is 1.14. The van der Waals surface area contributed by atoms with Crippen molar-refractivity contribution in [2.45, 2.75) is 12.5 Å². The van der Waals surface area contributed by atoms with Gasteiger partial charge in [-0.25, -0.2) is 4.39 Å². The van der Waals surface area contributed by atoms with Crippen molar-refractivity contribution in [1.29, 1.82) is 0 Å². The van der Waals surface area contributed by atoms with Crippen LogP contribution in [0, 0.1) is 5.82 Å². The van der Waals surface area contributed by atoms with E-state index in [1.807, 2.05) is 0 Å². The van der Waals surface area contributed by atoms with Gasteiger partial charge in [-0.05, 0) is 23.6 Å². The van der Waals surface area contributed by atoms with Crippen molar-refractivity contribution < 1.29 is 4.39 Å². The molecule has 1 aromatic heterocycles. The average Bonchev–Trinajstić information content (AvgIpc) is 2.88. The molecule has 4 nitrogen and oxygen atoms in total. The van der Waals surface area contributed by atoms with Gasteiger partial charge in [-0.2, -0.15) is 0 Å². The monoisotopic (exact) mass is 287 g/mol. The molecule has 1 fully saturated rings. The van der Waals surface area contributed by atoms with Crippen LogP contribution in [-0.2, 0) is 6.54 Å². The molecule has 4 rings (SSSR count). The lowest BCUT2D eigenvalue weighted by Crippen LogP contribution is -2.45. The second kappa shape index (κ2) is 4.93. The lowest BCUT2D eigenvalue weighted by molar-refractivity contribution is 0.222. The van der Waals surface area contributed by atoms with E-state index in [0.29, 0.717) is 6.54 Å². The molecule has 0 saturated carbocycles. The topological polar surface area (TPSA) is 37.3 Å². The zero-order chi connectivity index (χ0) is 14.4. The van der Waals surface area contributed by atoms with E-state index in [2.05, 4.69) is 10.2 Å². The van der Waals surface area contributed by atoms with Crippen molar-refractivity contribution in [1.82, 2.24) is 14.8 Å². The van der Waals surface area contributed by atoms with Gasteiger partial charge < -0.3 is 14.8 Å². The number of hydrogen-bond donors (Lipinski definition) is 1. The Labute approximate surface area is 122 Å². The van der Waals surface area contributed by atoms with Crippen LogP contribution < -0.4 is 10.9 Å². The van der Waals surface area contributed by atoms with E-state index in [1.54, 1.807) is 22.8 Å².